The Balaban J connectivity index is 1.82. The first-order valence-corrected chi connectivity index (χ1v) is 7.66. The normalized spacial score (nSPS) is 10.8. The summed E-state index contributed by atoms with van der Waals surface area (Å²) in [7, 11) is 0. The molecule has 1 heterocycles. The molecule has 3 N–H and O–H groups in total. The molecule has 0 atom stereocenters. The van der Waals surface area contributed by atoms with Gasteiger partial charge in [0, 0.05) is 22.7 Å². The zero-order valence-electron chi connectivity index (χ0n) is 11.8. The largest absolute Gasteiger partial charge is 0.367 e. The minimum atomic E-state index is -1.56. The molecule has 2 aromatic carbocycles. The van der Waals surface area contributed by atoms with E-state index >= 15 is 0 Å². The van der Waals surface area contributed by atoms with Crippen molar-refractivity contribution in [3.8, 4) is 0 Å². The third-order valence-corrected chi connectivity index (χ3v) is 4.09. The molecule has 0 fully saturated rings. The molecule has 0 bridgehead atoms. The summed E-state index contributed by atoms with van der Waals surface area (Å²) in [6.45, 7) is 0. The lowest BCUT2D eigenvalue weighted by Crippen LogP contribution is -2.00. The summed E-state index contributed by atoms with van der Waals surface area (Å²) >= 11 is 6.47. The Bertz CT molecular complexity index is 885. The SMILES string of the molecule is Nc1nc(Nc2ccc(Cl)cc2)nn1Sc1ccc(F)c(F)c1F. The molecule has 0 saturated heterocycles. The molecule has 24 heavy (non-hydrogen) atoms. The fourth-order valence-corrected chi connectivity index (χ4v) is 2.63. The number of anilines is 3. The van der Waals surface area contributed by atoms with E-state index in [2.05, 4.69) is 15.4 Å². The van der Waals surface area contributed by atoms with E-state index in [-0.39, 0.29) is 16.8 Å². The Labute approximate surface area is 143 Å². The first-order valence-electron chi connectivity index (χ1n) is 6.51. The van der Waals surface area contributed by atoms with Gasteiger partial charge in [-0.3, -0.25) is 0 Å². The third kappa shape index (κ3) is 3.41. The van der Waals surface area contributed by atoms with Crippen molar-refractivity contribution in [2.24, 2.45) is 0 Å². The number of aromatic nitrogens is 3. The number of hydrogen-bond acceptors (Lipinski definition) is 5. The molecule has 3 aromatic rings. The highest BCUT2D eigenvalue weighted by atomic mass is 35.5. The third-order valence-electron chi connectivity index (χ3n) is 2.89. The first-order chi connectivity index (χ1) is 11.4. The number of nitrogens with zero attached hydrogens (tertiary/aromatic N) is 3. The van der Waals surface area contributed by atoms with Gasteiger partial charge in [0.05, 0.1) is 4.90 Å². The fraction of sp³-hybridized carbons (Fsp3) is 0. The van der Waals surface area contributed by atoms with Gasteiger partial charge in [-0.1, -0.05) is 11.6 Å². The molecule has 0 aliphatic heterocycles. The first kappa shape index (κ1) is 16.5. The van der Waals surface area contributed by atoms with Crippen LogP contribution in [0.2, 0.25) is 5.02 Å². The van der Waals surface area contributed by atoms with Crippen molar-refractivity contribution in [3.63, 3.8) is 0 Å². The van der Waals surface area contributed by atoms with Crippen LogP contribution in [-0.4, -0.2) is 14.2 Å². The summed E-state index contributed by atoms with van der Waals surface area (Å²) in [5.74, 6) is -4.03. The summed E-state index contributed by atoms with van der Waals surface area (Å²) in [6, 6.07) is 8.68. The Kier molecular flexibility index (Phi) is 4.54. The summed E-state index contributed by atoms with van der Waals surface area (Å²) in [5, 5.41) is 7.50. The van der Waals surface area contributed by atoms with E-state index in [1.54, 1.807) is 24.3 Å². The van der Waals surface area contributed by atoms with Crippen LogP contribution in [0.5, 0.6) is 0 Å². The topological polar surface area (TPSA) is 68.8 Å². The van der Waals surface area contributed by atoms with Gasteiger partial charge < -0.3 is 11.1 Å². The predicted molar refractivity (Wildman–Crippen MR) is 86.7 cm³/mol. The molecular formula is C14H9ClF3N5S. The highest BCUT2D eigenvalue weighted by Gasteiger charge is 2.17. The van der Waals surface area contributed by atoms with Crippen molar-refractivity contribution < 1.29 is 13.2 Å². The second kappa shape index (κ2) is 6.62. The van der Waals surface area contributed by atoms with Gasteiger partial charge in [-0.25, -0.2) is 13.2 Å². The Morgan fingerprint density at radius 3 is 2.46 bits per heavy atom. The van der Waals surface area contributed by atoms with Crippen molar-refractivity contribution in [1.82, 2.24) is 14.2 Å². The van der Waals surface area contributed by atoms with Gasteiger partial charge in [-0.05, 0) is 36.4 Å². The Morgan fingerprint density at radius 1 is 1.04 bits per heavy atom. The maximum absolute atomic E-state index is 13.7. The van der Waals surface area contributed by atoms with Crippen molar-refractivity contribution in [1.29, 1.82) is 0 Å². The van der Waals surface area contributed by atoms with E-state index < -0.39 is 17.5 Å². The molecule has 0 spiro atoms. The van der Waals surface area contributed by atoms with E-state index in [9.17, 15) is 13.2 Å². The van der Waals surface area contributed by atoms with Crippen LogP contribution in [0.1, 0.15) is 0 Å². The Hall–Kier alpha value is -2.39. The van der Waals surface area contributed by atoms with Gasteiger partial charge in [0.25, 0.3) is 0 Å². The maximum atomic E-state index is 13.7. The molecule has 0 radical (unpaired) electrons. The number of nitrogen functional groups attached to an aromatic ring is 1. The van der Waals surface area contributed by atoms with Crippen molar-refractivity contribution in [2.45, 2.75) is 4.90 Å². The van der Waals surface area contributed by atoms with E-state index in [4.69, 9.17) is 17.3 Å². The minimum Gasteiger partial charge on any atom is -0.367 e. The van der Waals surface area contributed by atoms with Crippen LogP contribution in [0.3, 0.4) is 0 Å². The minimum absolute atomic E-state index is 0.0411. The van der Waals surface area contributed by atoms with Crippen molar-refractivity contribution in [2.75, 3.05) is 11.1 Å². The molecule has 1 aromatic heterocycles. The van der Waals surface area contributed by atoms with Crippen LogP contribution in [-0.2, 0) is 0 Å². The highest BCUT2D eigenvalue weighted by molar-refractivity contribution is 7.97. The van der Waals surface area contributed by atoms with Gasteiger partial charge in [0.2, 0.25) is 11.9 Å². The summed E-state index contributed by atoms with van der Waals surface area (Å²) in [6.07, 6.45) is 0. The van der Waals surface area contributed by atoms with Gasteiger partial charge >= 0.3 is 0 Å². The van der Waals surface area contributed by atoms with Crippen LogP contribution in [0, 0.1) is 17.5 Å². The van der Waals surface area contributed by atoms with Crippen LogP contribution >= 0.6 is 23.5 Å². The summed E-state index contributed by atoms with van der Waals surface area (Å²) in [4.78, 5) is 3.79. The number of benzene rings is 2. The van der Waals surface area contributed by atoms with Crippen LogP contribution < -0.4 is 11.1 Å². The van der Waals surface area contributed by atoms with E-state index in [0.29, 0.717) is 22.7 Å². The lowest BCUT2D eigenvalue weighted by atomic mass is 10.3. The van der Waals surface area contributed by atoms with E-state index in [0.717, 1.165) is 16.2 Å². The zero-order chi connectivity index (χ0) is 17.3. The van der Waals surface area contributed by atoms with Crippen LogP contribution in [0.25, 0.3) is 0 Å². The average molecular weight is 372 g/mol. The molecule has 0 aliphatic rings. The van der Waals surface area contributed by atoms with Gasteiger partial charge in [0.1, 0.15) is 0 Å². The molecule has 0 amide bonds. The summed E-state index contributed by atoms with van der Waals surface area (Å²) < 4.78 is 41.0. The number of rotatable bonds is 4. The molecular weight excluding hydrogens is 363 g/mol. The molecule has 10 heteroatoms. The number of halogens is 4. The lowest BCUT2D eigenvalue weighted by Gasteiger charge is -2.04. The fourth-order valence-electron chi connectivity index (χ4n) is 1.77. The maximum Gasteiger partial charge on any atom is 0.249 e. The molecule has 3 rings (SSSR count). The van der Waals surface area contributed by atoms with Gasteiger partial charge in [-0.15, -0.1) is 5.10 Å². The second-order valence-electron chi connectivity index (χ2n) is 4.56. The molecule has 124 valence electrons. The standard InChI is InChI=1S/C14H9ClF3N5S/c15-7-1-3-8(4-2-7)20-14-21-13(19)23(22-14)24-10-6-5-9(16)11(17)12(10)18/h1-6H,(H3,19,20,21,22). The molecule has 0 aliphatic carbocycles. The number of hydrogen-bond donors (Lipinski definition) is 2. The van der Waals surface area contributed by atoms with Crippen LogP contribution in [0.4, 0.5) is 30.8 Å². The van der Waals surface area contributed by atoms with Gasteiger partial charge in [-0.2, -0.15) is 9.07 Å². The number of nitrogens with one attached hydrogen (secondary N) is 1. The van der Waals surface area contributed by atoms with Crippen molar-refractivity contribution in [3.05, 3.63) is 58.9 Å². The average Bonchev–Trinajstić information content (AvgIpc) is 2.90. The molecule has 0 saturated carbocycles. The lowest BCUT2D eigenvalue weighted by molar-refractivity contribution is 0.435. The van der Waals surface area contributed by atoms with Crippen LogP contribution in [0.15, 0.2) is 41.3 Å². The second-order valence-corrected chi connectivity index (χ2v) is 5.97. The molecule has 0 unspecified atom stereocenters. The summed E-state index contributed by atoms with van der Waals surface area (Å²) in [5.41, 5.74) is 6.37. The van der Waals surface area contributed by atoms with E-state index in [1.165, 1.54) is 0 Å². The molecule has 5 nitrogen and oxygen atoms in total. The van der Waals surface area contributed by atoms with Crippen molar-refractivity contribution >= 4 is 41.1 Å². The predicted octanol–water partition coefficient (Wildman–Crippen LogP) is 4.23. The quantitative estimate of drug-likeness (QED) is 0.672. The number of nitrogens with two attached hydrogens (primary N) is 1. The highest BCUT2D eigenvalue weighted by Crippen LogP contribution is 2.28. The van der Waals surface area contributed by atoms with E-state index in [1.807, 2.05) is 0 Å². The monoisotopic (exact) mass is 371 g/mol. The Morgan fingerprint density at radius 2 is 1.75 bits per heavy atom. The zero-order valence-corrected chi connectivity index (χ0v) is 13.4. The van der Waals surface area contributed by atoms with Gasteiger partial charge in [0.15, 0.2) is 17.5 Å². The smallest absolute Gasteiger partial charge is 0.249 e.